The Labute approximate surface area is 70.7 Å². The van der Waals surface area contributed by atoms with Crippen LogP contribution in [0.25, 0.3) is 0 Å². The largest absolute Gasteiger partial charge is 0.425 e. The first-order valence-corrected chi connectivity index (χ1v) is 3.33. The fraction of sp³-hybridized carbons (Fsp3) is 1.00. The van der Waals surface area contributed by atoms with E-state index in [4.69, 9.17) is 0 Å². The summed E-state index contributed by atoms with van der Waals surface area (Å²) in [6.07, 6.45) is -10.9. The molecular formula is C6H8F6O. The molecule has 13 heavy (non-hydrogen) atoms. The molecule has 0 aliphatic rings. The fourth-order valence-electron chi connectivity index (χ4n) is 0.502. The summed E-state index contributed by atoms with van der Waals surface area (Å²) in [4.78, 5) is 0. The normalized spacial score (nSPS) is 14.3. The van der Waals surface area contributed by atoms with Gasteiger partial charge in [0.2, 0.25) is 0 Å². The van der Waals surface area contributed by atoms with Gasteiger partial charge >= 0.3 is 18.5 Å². The van der Waals surface area contributed by atoms with E-state index in [0.717, 1.165) is 13.8 Å². The quantitative estimate of drug-likeness (QED) is 0.648. The van der Waals surface area contributed by atoms with Crippen LogP contribution in [0.5, 0.6) is 0 Å². The predicted molar refractivity (Wildman–Crippen MR) is 32.1 cm³/mol. The van der Waals surface area contributed by atoms with E-state index >= 15 is 0 Å². The van der Waals surface area contributed by atoms with Gasteiger partial charge in [0.25, 0.3) is 0 Å². The molecule has 0 aromatic heterocycles. The number of hydrogen-bond donors (Lipinski definition) is 0. The zero-order valence-corrected chi connectivity index (χ0v) is 6.83. The highest BCUT2D eigenvalue weighted by atomic mass is 19.3. The van der Waals surface area contributed by atoms with Crippen LogP contribution in [-0.2, 0) is 4.74 Å². The molecule has 1 nitrogen and oxygen atoms in total. The third-order valence-electron chi connectivity index (χ3n) is 1.05. The van der Waals surface area contributed by atoms with Gasteiger partial charge in [0.05, 0.1) is 6.10 Å². The maximum atomic E-state index is 12.3. The monoisotopic (exact) mass is 210 g/mol. The average Bonchev–Trinajstić information content (AvgIpc) is 1.83. The number of ether oxygens (including phenoxy) is 1. The fourth-order valence-corrected chi connectivity index (χ4v) is 0.502. The highest BCUT2D eigenvalue weighted by Gasteiger charge is 2.64. The Bertz CT molecular complexity index is 167. The van der Waals surface area contributed by atoms with E-state index in [1.807, 2.05) is 0 Å². The molecule has 0 fully saturated rings. The molecule has 0 spiro atoms. The van der Waals surface area contributed by atoms with Crippen molar-refractivity contribution in [3.8, 4) is 0 Å². The highest BCUT2D eigenvalue weighted by Crippen LogP contribution is 2.40. The van der Waals surface area contributed by atoms with Crippen LogP contribution in [0.1, 0.15) is 13.8 Å². The topological polar surface area (TPSA) is 9.23 Å². The first-order valence-electron chi connectivity index (χ1n) is 3.33. The molecule has 7 heteroatoms. The number of hydrogen-bond acceptors (Lipinski definition) is 1. The summed E-state index contributed by atoms with van der Waals surface area (Å²) in [5.74, 6) is -5.46. The van der Waals surface area contributed by atoms with Crippen LogP contribution in [0, 0.1) is 0 Å². The van der Waals surface area contributed by atoms with Crippen LogP contribution >= 0.6 is 0 Å². The van der Waals surface area contributed by atoms with Crippen molar-refractivity contribution in [2.75, 3.05) is 0 Å². The molecule has 0 bridgehead atoms. The highest BCUT2D eigenvalue weighted by molar-refractivity contribution is 4.80. The minimum Gasteiger partial charge on any atom is -0.313 e. The summed E-state index contributed by atoms with van der Waals surface area (Å²) < 4.78 is 74.9. The Hall–Kier alpha value is -0.460. The molecule has 0 unspecified atom stereocenters. The molecular weight excluding hydrogens is 202 g/mol. The summed E-state index contributed by atoms with van der Waals surface area (Å²) in [6.45, 7) is 2.07. The second kappa shape index (κ2) is 3.73. The standard InChI is InChI=1S/C6H8F6O/c1-3(2)13-6(11,12)5(9,10)4(7)8/h3-4H,1-2H3. The third-order valence-corrected chi connectivity index (χ3v) is 1.05. The van der Waals surface area contributed by atoms with Gasteiger partial charge in [-0.15, -0.1) is 0 Å². The van der Waals surface area contributed by atoms with E-state index in [0.29, 0.717) is 0 Å². The minimum atomic E-state index is -5.46. The first kappa shape index (κ1) is 12.5. The van der Waals surface area contributed by atoms with E-state index < -0.39 is 24.6 Å². The lowest BCUT2D eigenvalue weighted by Gasteiger charge is -2.26. The molecule has 0 atom stereocenters. The van der Waals surface area contributed by atoms with Crippen molar-refractivity contribution >= 4 is 0 Å². The van der Waals surface area contributed by atoms with Gasteiger partial charge in [-0.1, -0.05) is 0 Å². The van der Waals surface area contributed by atoms with Gasteiger partial charge in [-0.05, 0) is 13.8 Å². The molecule has 0 N–H and O–H groups in total. The summed E-state index contributed by atoms with van der Waals surface area (Å²) in [6, 6.07) is 0. The Morgan fingerprint density at radius 2 is 1.38 bits per heavy atom. The molecule has 0 aliphatic heterocycles. The summed E-state index contributed by atoms with van der Waals surface area (Å²) in [5.41, 5.74) is 0. The zero-order valence-electron chi connectivity index (χ0n) is 6.83. The van der Waals surface area contributed by atoms with Crippen LogP contribution < -0.4 is 0 Å². The van der Waals surface area contributed by atoms with Crippen LogP contribution in [0.15, 0.2) is 0 Å². The molecule has 0 aromatic carbocycles. The van der Waals surface area contributed by atoms with Crippen molar-refractivity contribution in [2.45, 2.75) is 38.4 Å². The minimum absolute atomic E-state index is 1.04. The number of alkyl halides is 6. The first-order chi connectivity index (χ1) is 5.61. The SMILES string of the molecule is CC(C)OC(F)(F)C(F)(F)C(F)F. The van der Waals surface area contributed by atoms with Gasteiger partial charge in [0.15, 0.2) is 0 Å². The molecule has 0 aromatic rings. The van der Waals surface area contributed by atoms with Crippen LogP contribution in [0.2, 0.25) is 0 Å². The zero-order chi connectivity index (χ0) is 10.9. The van der Waals surface area contributed by atoms with E-state index in [-0.39, 0.29) is 0 Å². The Kier molecular flexibility index (Phi) is 3.60. The Balaban J connectivity index is 4.60. The average molecular weight is 210 g/mol. The van der Waals surface area contributed by atoms with E-state index in [1.54, 1.807) is 0 Å². The molecule has 0 amide bonds. The third kappa shape index (κ3) is 2.75. The lowest BCUT2D eigenvalue weighted by Crippen LogP contribution is -2.49. The molecule has 80 valence electrons. The molecule has 0 aliphatic carbocycles. The number of halogens is 6. The second-order valence-corrected chi connectivity index (χ2v) is 2.61. The van der Waals surface area contributed by atoms with Gasteiger partial charge in [-0.3, -0.25) is 0 Å². The van der Waals surface area contributed by atoms with Crippen molar-refractivity contribution in [2.24, 2.45) is 0 Å². The molecule has 0 heterocycles. The van der Waals surface area contributed by atoms with Gasteiger partial charge in [-0.2, -0.15) is 17.6 Å². The lowest BCUT2D eigenvalue weighted by atomic mass is 10.3. The van der Waals surface area contributed by atoms with Gasteiger partial charge in [-0.25, -0.2) is 8.78 Å². The summed E-state index contributed by atoms with van der Waals surface area (Å²) in [5, 5.41) is 0. The maximum Gasteiger partial charge on any atom is 0.425 e. The van der Waals surface area contributed by atoms with Gasteiger partial charge in [0, 0.05) is 0 Å². The molecule has 0 saturated heterocycles. The van der Waals surface area contributed by atoms with E-state index in [9.17, 15) is 26.3 Å². The van der Waals surface area contributed by atoms with Crippen molar-refractivity contribution in [3.63, 3.8) is 0 Å². The van der Waals surface area contributed by atoms with Crippen molar-refractivity contribution < 1.29 is 31.1 Å². The van der Waals surface area contributed by atoms with Crippen LogP contribution in [-0.4, -0.2) is 24.6 Å². The molecule has 0 saturated carbocycles. The predicted octanol–water partition coefficient (Wildman–Crippen LogP) is 2.90. The van der Waals surface area contributed by atoms with Gasteiger partial charge in [0.1, 0.15) is 0 Å². The van der Waals surface area contributed by atoms with Gasteiger partial charge < -0.3 is 4.74 Å². The molecule has 0 radical (unpaired) electrons. The van der Waals surface area contributed by atoms with Crippen molar-refractivity contribution in [3.05, 3.63) is 0 Å². The lowest BCUT2D eigenvalue weighted by molar-refractivity contribution is -0.382. The second-order valence-electron chi connectivity index (χ2n) is 2.61. The Morgan fingerprint density at radius 1 is 1.00 bits per heavy atom. The van der Waals surface area contributed by atoms with E-state index in [1.165, 1.54) is 0 Å². The number of rotatable bonds is 4. The van der Waals surface area contributed by atoms with Crippen molar-refractivity contribution in [1.82, 2.24) is 0 Å². The summed E-state index contributed by atoms with van der Waals surface area (Å²) >= 11 is 0. The van der Waals surface area contributed by atoms with Crippen molar-refractivity contribution in [1.29, 1.82) is 0 Å². The smallest absolute Gasteiger partial charge is 0.313 e. The molecule has 0 rings (SSSR count). The van der Waals surface area contributed by atoms with E-state index in [2.05, 4.69) is 4.74 Å². The van der Waals surface area contributed by atoms with Crippen LogP contribution in [0.4, 0.5) is 26.3 Å². The maximum absolute atomic E-state index is 12.3. The Morgan fingerprint density at radius 3 is 1.62 bits per heavy atom. The summed E-state index contributed by atoms with van der Waals surface area (Å²) in [7, 11) is 0. The van der Waals surface area contributed by atoms with Crippen LogP contribution in [0.3, 0.4) is 0 Å².